The molecule has 1 fully saturated rings. The van der Waals surface area contributed by atoms with E-state index in [2.05, 4.69) is 38.5 Å². The molecule has 1 aliphatic heterocycles. The molecule has 1 saturated carbocycles. The number of nitrogens with zero attached hydrogens (tertiary/aromatic N) is 2. The van der Waals surface area contributed by atoms with E-state index in [0.717, 1.165) is 42.3 Å². The van der Waals surface area contributed by atoms with Gasteiger partial charge in [-0.1, -0.05) is 0 Å². The van der Waals surface area contributed by atoms with Crippen molar-refractivity contribution in [3.63, 3.8) is 0 Å². The molecular weight excluding hydrogens is 392 g/mol. The lowest BCUT2D eigenvalue weighted by atomic mass is 9.87. The lowest BCUT2D eigenvalue weighted by Crippen LogP contribution is -2.42. The van der Waals surface area contributed by atoms with E-state index in [1.54, 1.807) is 19.2 Å². The monoisotopic (exact) mass is 418 g/mol. The van der Waals surface area contributed by atoms with Crippen LogP contribution in [0.3, 0.4) is 0 Å². The van der Waals surface area contributed by atoms with Gasteiger partial charge in [-0.15, -0.1) is 0 Å². The van der Waals surface area contributed by atoms with Crippen molar-refractivity contribution in [3.05, 3.63) is 54.4 Å². The van der Waals surface area contributed by atoms with E-state index in [-0.39, 0.29) is 24.3 Å². The molecule has 2 aromatic heterocycles. The molecule has 5 rings (SSSR count). The number of nitrogens with one attached hydrogen (secondary N) is 2. The summed E-state index contributed by atoms with van der Waals surface area (Å²) in [6, 6.07) is 12.1. The van der Waals surface area contributed by atoms with Crippen LogP contribution >= 0.6 is 0 Å². The predicted molar refractivity (Wildman–Crippen MR) is 118 cm³/mol. The molecule has 1 atom stereocenters. The highest BCUT2D eigenvalue weighted by Gasteiger charge is 2.33. The Hall–Kier alpha value is -3.35. The molecule has 0 saturated heterocycles. The van der Waals surface area contributed by atoms with Crippen LogP contribution in [-0.2, 0) is 9.59 Å². The summed E-state index contributed by atoms with van der Waals surface area (Å²) in [7, 11) is 1.60. The van der Waals surface area contributed by atoms with Crippen LogP contribution in [0.15, 0.2) is 48.8 Å². The van der Waals surface area contributed by atoms with Crippen molar-refractivity contribution in [2.75, 3.05) is 12.4 Å². The number of anilines is 1. The largest absolute Gasteiger partial charge is 0.497 e. The van der Waals surface area contributed by atoms with Gasteiger partial charge in [-0.05, 0) is 67.6 Å². The van der Waals surface area contributed by atoms with Crippen LogP contribution in [0.2, 0.25) is 0 Å². The lowest BCUT2D eigenvalue weighted by Gasteiger charge is -2.32. The molecule has 2 aliphatic rings. The number of carbonyl (C=O) groups is 2. The van der Waals surface area contributed by atoms with E-state index >= 15 is 0 Å². The Balaban J connectivity index is 1.26. The van der Waals surface area contributed by atoms with E-state index in [9.17, 15) is 9.59 Å². The van der Waals surface area contributed by atoms with Gasteiger partial charge in [-0.2, -0.15) is 0 Å². The SMILES string of the molecule is COc1ccc2c(c1)C(C(=O)NC1CCC(n3ccc4cccnc43)CC1)CC(=O)N2. The zero-order valence-corrected chi connectivity index (χ0v) is 17.5. The second kappa shape index (κ2) is 8.06. The van der Waals surface area contributed by atoms with Gasteiger partial charge in [0.1, 0.15) is 11.4 Å². The molecule has 1 aliphatic carbocycles. The van der Waals surface area contributed by atoms with Gasteiger partial charge in [0.2, 0.25) is 11.8 Å². The second-order valence-electron chi connectivity index (χ2n) is 8.41. The zero-order chi connectivity index (χ0) is 21.4. The molecule has 7 nitrogen and oxygen atoms in total. The Kier molecular flexibility index (Phi) is 5.10. The maximum atomic E-state index is 13.1. The van der Waals surface area contributed by atoms with Crippen molar-refractivity contribution < 1.29 is 14.3 Å². The van der Waals surface area contributed by atoms with Gasteiger partial charge in [-0.25, -0.2) is 4.98 Å². The minimum Gasteiger partial charge on any atom is -0.497 e. The first-order chi connectivity index (χ1) is 15.1. The summed E-state index contributed by atoms with van der Waals surface area (Å²) in [5.41, 5.74) is 2.52. The van der Waals surface area contributed by atoms with Crippen LogP contribution in [0.25, 0.3) is 11.0 Å². The number of hydrogen-bond donors (Lipinski definition) is 2. The third kappa shape index (κ3) is 3.76. The fraction of sp³-hybridized carbons (Fsp3) is 0.375. The summed E-state index contributed by atoms with van der Waals surface area (Å²) in [5, 5.41) is 7.21. The van der Waals surface area contributed by atoms with Gasteiger partial charge in [0.05, 0.1) is 13.0 Å². The number of rotatable bonds is 4. The molecule has 1 unspecified atom stereocenters. The molecule has 160 valence electrons. The van der Waals surface area contributed by atoms with Gasteiger partial charge >= 0.3 is 0 Å². The lowest BCUT2D eigenvalue weighted by molar-refractivity contribution is -0.127. The minimum absolute atomic E-state index is 0.0825. The maximum absolute atomic E-state index is 13.1. The van der Waals surface area contributed by atoms with E-state index < -0.39 is 5.92 Å². The Morgan fingerprint density at radius 1 is 1.19 bits per heavy atom. The average Bonchev–Trinajstić information content (AvgIpc) is 3.23. The number of methoxy groups -OCH3 is 1. The van der Waals surface area contributed by atoms with Crippen LogP contribution in [0, 0.1) is 0 Å². The number of amides is 2. The number of benzene rings is 1. The molecule has 2 N–H and O–H groups in total. The average molecular weight is 418 g/mol. The van der Waals surface area contributed by atoms with E-state index in [0.29, 0.717) is 17.5 Å². The molecule has 7 heteroatoms. The Morgan fingerprint density at radius 2 is 2.03 bits per heavy atom. The van der Waals surface area contributed by atoms with Gasteiger partial charge in [0.25, 0.3) is 0 Å². The molecule has 3 aromatic rings. The fourth-order valence-corrected chi connectivity index (χ4v) is 4.88. The summed E-state index contributed by atoms with van der Waals surface area (Å²) in [4.78, 5) is 29.8. The normalized spacial score (nSPS) is 23.1. The van der Waals surface area contributed by atoms with Crippen molar-refractivity contribution in [2.45, 2.75) is 50.1 Å². The van der Waals surface area contributed by atoms with Crippen molar-refractivity contribution in [2.24, 2.45) is 0 Å². The number of hydrogen-bond acceptors (Lipinski definition) is 4. The molecule has 0 radical (unpaired) electrons. The molecule has 1 aromatic carbocycles. The van der Waals surface area contributed by atoms with Crippen LogP contribution in [-0.4, -0.2) is 34.5 Å². The summed E-state index contributed by atoms with van der Waals surface area (Å²) < 4.78 is 7.58. The molecule has 2 amide bonds. The number of pyridine rings is 1. The van der Waals surface area contributed by atoms with Gasteiger partial charge < -0.3 is 19.9 Å². The topological polar surface area (TPSA) is 85.2 Å². The second-order valence-corrected chi connectivity index (χ2v) is 8.41. The molecular formula is C24H26N4O3. The van der Waals surface area contributed by atoms with Crippen LogP contribution in [0.4, 0.5) is 5.69 Å². The minimum atomic E-state index is -0.492. The quantitative estimate of drug-likeness (QED) is 0.675. The van der Waals surface area contributed by atoms with E-state index in [1.807, 2.05) is 18.3 Å². The highest BCUT2D eigenvalue weighted by Crippen LogP contribution is 2.36. The molecule has 3 heterocycles. The number of ether oxygens (including phenoxy) is 1. The van der Waals surface area contributed by atoms with Crippen LogP contribution < -0.4 is 15.4 Å². The van der Waals surface area contributed by atoms with Crippen molar-refractivity contribution in [3.8, 4) is 5.75 Å². The Bertz CT molecular complexity index is 1130. The number of carbonyl (C=O) groups excluding carboxylic acids is 2. The highest BCUT2D eigenvalue weighted by molar-refractivity contribution is 6.01. The third-order valence-electron chi connectivity index (χ3n) is 6.53. The zero-order valence-electron chi connectivity index (χ0n) is 17.5. The van der Waals surface area contributed by atoms with Crippen LogP contribution in [0.1, 0.15) is 49.6 Å². The first-order valence-corrected chi connectivity index (χ1v) is 10.8. The standard InChI is InChI=1S/C24H26N4O3/c1-31-18-8-9-21-19(13-18)20(14-22(29)27-21)24(30)26-16-4-6-17(7-5-16)28-12-10-15-3-2-11-25-23(15)28/h2-3,8-13,16-17,20H,4-7,14H2,1H3,(H,26,30)(H,27,29). The summed E-state index contributed by atoms with van der Waals surface area (Å²) in [6.45, 7) is 0. The van der Waals surface area contributed by atoms with E-state index in [1.165, 1.54) is 0 Å². The smallest absolute Gasteiger partial charge is 0.228 e. The van der Waals surface area contributed by atoms with Crippen molar-refractivity contribution >= 4 is 28.5 Å². The van der Waals surface area contributed by atoms with Crippen LogP contribution in [0.5, 0.6) is 5.75 Å². The predicted octanol–water partition coefficient (Wildman–Crippen LogP) is 3.77. The fourth-order valence-electron chi connectivity index (χ4n) is 4.88. The van der Waals surface area contributed by atoms with Gasteiger partial charge in [0.15, 0.2) is 0 Å². The third-order valence-corrected chi connectivity index (χ3v) is 6.53. The Labute approximate surface area is 180 Å². The summed E-state index contributed by atoms with van der Waals surface area (Å²) in [6.07, 6.45) is 7.90. The molecule has 0 bridgehead atoms. The summed E-state index contributed by atoms with van der Waals surface area (Å²) in [5.74, 6) is -0.0238. The van der Waals surface area contributed by atoms with Crippen molar-refractivity contribution in [1.82, 2.24) is 14.9 Å². The van der Waals surface area contributed by atoms with Gasteiger partial charge in [0, 0.05) is 42.0 Å². The molecule has 31 heavy (non-hydrogen) atoms. The van der Waals surface area contributed by atoms with Gasteiger partial charge in [-0.3, -0.25) is 9.59 Å². The Morgan fingerprint density at radius 3 is 2.84 bits per heavy atom. The first-order valence-electron chi connectivity index (χ1n) is 10.8. The maximum Gasteiger partial charge on any atom is 0.228 e. The number of aromatic nitrogens is 2. The van der Waals surface area contributed by atoms with E-state index in [4.69, 9.17) is 4.74 Å². The first kappa shape index (κ1) is 19.6. The number of fused-ring (bicyclic) bond motifs is 2. The highest BCUT2D eigenvalue weighted by atomic mass is 16.5. The van der Waals surface area contributed by atoms with Crippen molar-refractivity contribution in [1.29, 1.82) is 0 Å². The molecule has 0 spiro atoms. The summed E-state index contributed by atoms with van der Waals surface area (Å²) >= 11 is 0.